The molecule has 2 aromatic carbocycles. The predicted octanol–water partition coefficient (Wildman–Crippen LogP) is 3.45. The number of nitrogens with one attached hydrogen (secondary N) is 1. The van der Waals surface area contributed by atoms with Gasteiger partial charge in [0, 0.05) is 26.2 Å². The first kappa shape index (κ1) is 21.2. The van der Waals surface area contributed by atoms with Gasteiger partial charge in [-0.2, -0.15) is 4.31 Å². The minimum atomic E-state index is -3.58. The summed E-state index contributed by atoms with van der Waals surface area (Å²) >= 11 is 0. The van der Waals surface area contributed by atoms with Crippen LogP contribution in [0.15, 0.2) is 51.8 Å². The minimum absolute atomic E-state index is 0.292. The molecule has 0 radical (unpaired) electrons. The number of rotatable bonds is 6. The Morgan fingerprint density at radius 3 is 2.53 bits per heavy atom. The Bertz CT molecular complexity index is 1150. The van der Waals surface area contributed by atoms with Gasteiger partial charge in [0.15, 0.2) is 5.58 Å². The van der Waals surface area contributed by atoms with E-state index in [1.165, 1.54) is 10.7 Å². The fourth-order valence-electron chi connectivity index (χ4n) is 4.33. The molecule has 8 nitrogen and oxygen atoms in total. The summed E-state index contributed by atoms with van der Waals surface area (Å²) in [5.74, 6) is 0.567. The van der Waals surface area contributed by atoms with Crippen LogP contribution in [-0.4, -0.2) is 57.1 Å². The lowest BCUT2D eigenvalue weighted by Gasteiger charge is -2.31. The van der Waals surface area contributed by atoms with Crippen molar-refractivity contribution in [1.82, 2.24) is 9.29 Å². The number of sulfonamides is 1. The van der Waals surface area contributed by atoms with Crippen LogP contribution in [0.3, 0.4) is 0 Å². The van der Waals surface area contributed by atoms with E-state index in [9.17, 15) is 8.42 Å². The number of ether oxygens (including phenoxy) is 1. The van der Waals surface area contributed by atoms with Crippen molar-refractivity contribution in [2.75, 3.05) is 49.6 Å². The van der Waals surface area contributed by atoms with Gasteiger partial charge in [-0.25, -0.2) is 13.4 Å². The summed E-state index contributed by atoms with van der Waals surface area (Å²) in [7, 11) is -3.58. The Morgan fingerprint density at radius 2 is 1.75 bits per heavy atom. The number of morpholine rings is 1. The van der Waals surface area contributed by atoms with Gasteiger partial charge in [0.25, 0.3) is 0 Å². The van der Waals surface area contributed by atoms with Crippen molar-refractivity contribution in [3.8, 4) is 0 Å². The zero-order valence-corrected chi connectivity index (χ0v) is 18.8. The van der Waals surface area contributed by atoms with Gasteiger partial charge in [0.05, 0.1) is 36.0 Å². The number of piperidine rings is 1. The second kappa shape index (κ2) is 9.09. The zero-order chi connectivity index (χ0) is 22.0. The molecule has 3 heterocycles. The van der Waals surface area contributed by atoms with Gasteiger partial charge in [-0.1, -0.05) is 12.1 Å². The molecule has 0 aliphatic carbocycles. The van der Waals surface area contributed by atoms with Crippen molar-refractivity contribution in [3.05, 3.63) is 48.4 Å². The summed E-state index contributed by atoms with van der Waals surface area (Å²) in [6.45, 7) is 3.91. The van der Waals surface area contributed by atoms with E-state index in [-0.39, 0.29) is 0 Å². The molecular formula is C23H28N4O4S. The van der Waals surface area contributed by atoms with Gasteiger partial charge in [-0.05, 0) is 49.6 Å². The number of anilines is 2. The molecule has 2 saturated heterocycles. The Kier molecular flexibility index (Phi) is 6.03. The van der Waals surface area contributed by atoms with E-state index in [1.807, 2.05) is 30.3 Å². The fourth-order valence-corrected chi connectivity index (χ4v) is 5.76. The molecule has 2 fully saturated rings. The van der Waals surface area contributed by atoms with Crippen LogP contribution in [0.2, 0.25) is 0 Å². The SMILES string of the molecule is O=S(=O)(c1ccc(N2CCCCC2)c(NCc2nc3ccccc3o2)c1)N1CCOCC1. The smallest absolute Gasteiger partial charge is 0.243 e. The van der Waals surface area contributed by atoms with E-state index in [1.54, 1.807) is 12.1 Å². The highest BCUT2D eigenvalue weighted by atomic mass is 32.2. The van der Waals surface area contributed by atoms with Crippen molar-refractivity contribution in [2.24, 2.45) is 0 Å². The molecule has 2 aliphatic rings. The van der Waals surface area contributed by atoms with Gasteiger partial charge in [0.1, 0.15) is 5.52 Å². The molecule has 0 amide bonds. The van der Waals surface area contributed by atoms with Crippen LogP contribution < -0.4 is 10.2 Å². The van der Waals surface area contributed by atoms with Crippen molar-refractivity contribution in [2.45, 2.75) is 30.7 Å². The summed E-state index contributed by atoms with van der Waals surface area (Å²) in [5, 5.41) is 3.40. The van der Waals surface area contributed by atoms with E-state index < -0.39 is 10.0 Å². The zero-order valence-electron chi connectivity index (χ0n) is 18.0. The Labute approximate surface area is 188 Å². The fraction of sp³-hybridized carbons (Fsp3) is 0.435. The number of aromatic nitrogens is 1. The van der Waals surface area contributed by atoms with Crippen LogP contribution in [0.4, 0.5) is 11.4 Å². The van der Waals surface area contributed by atoms with Crippen LogP contribution in [0.1, 0.15) is 25.2 Å². The first-order chi connectivity index (χ1) is 15.6. The van der Waals surface area contributed by atoms with Gasteiger partial charge in [0.2, 0.25) is 15.9 Å². The average Bonchev–Trinajstić information content (AvgIpc) is 3.27. The summed E-state index contributed by atoms with van der Waals surface area (Å²) in [4.78, 5) is 7.15. The summed E-state index contributed by atoms with van der Waals surface area (Å²) in [6, 6.07) is 13.0. The van der Waals surface area contributed by atoms with Crippen LogP contribution in [-0.2, 0) is 21.3 Å². The predicted molar refractivity (Wildman–Crippen MR) is 123 cm³/mol. The number of hydrogen-bond donors (Lipinski definition) is 1. The molecule has 5 rings (SSSR count). The second-order valence-electron chi connectivity index (χ2n) is 8.17. The lowest BCUT2D eigenvalue weighted by Crippen LogP contribution is -2.40. The van der Waals surface area contributed by atoms with E-state index in [0.717, 1.165) is 48.4 Å². The van der Waals surface area contributed by atoms with Crippen molar-refractivity contribution in [3.63, 3.8) is 0 Å². The average molecular weight is 457 g/mol. The quantitative estimate of drug-likeness (QED) is 0.608. The Morgan fingerprint density at radius 1 is 0.969 bits per heavy atom. The van der Waals surface area contributed by atoms with Crippen LogP contribution in [0.5, 0.6) is 0 Å². The normalized spacial score (nSPS) is 18.2. The molecule has 0 bridgehead atoms. The van der Waals surface area contributed by atoms with Crippen LogP contribution in [0.25, 0.3) is 11.1 Å². The maximum Gasteiger partial charge on any atom is 0.243 e. The third kappa shape index (κ3) is 4.32. The van der Waals surface area contributed by atoms with Gasteiger partial charge in [-0.15, -0.1) is 0 Å². The third-order valence-corrected chi connectivity index (χ3v) is 7.94. The monoisotopic (exact) mass is 456 g/mol. The number of fused-ring (bicyclic) bond motifs is 1. The van der Waals surface area contributed by atoms with Crippen molar-refractivity contribution < 1.29 is 17.6 Å². The van der Waals surface area contributed by atoms with E-state index in [4.69, 9.17) is 9.15 Å². The topological polar surface area (TPSA) is 87.9 Å². The highest BCUT2D eigenvalue weighted by molar-refractivity contribution is 7.89. The van der Waals surface area contributed by atoms with Gasteiger partial charge >= 0.3 is 0 Å². The molecular weight excluding hydrogens is 428 g/mol. The van der Waals surface area contributed by atoms with Gasteiger partial charge in [-0.3, -0.25) is 0 Å². The van der Waals surface area contributed by atoms with Crippen molar-refractivity contribution in [1.29, 1.82) is 0 Å². The summed E-state index contributed by atoms with van der Waals surface area (Å²) in [6.07, 6.45) is 3.50. The van der Waals surface area contributed by atoms with Gasteiger partial charge < -0.3 is 19.4 Å². The molecule has 2 aliphatic heterocycles. The molecule has 9 heteroatoms. The standard InChI is InChI=1S/C23H28N4O4S/c28-32(29,27-12-14-30-15-13-27)18-8-9-21(26-10-4-1-5-11-26)20(16-18)24-17-23-25-19-6-2-3-7-22(19)31-23/h2-3,6-9,16,24H,1,4-5,10-15,17H2. The number of oxazole rings is 1. The highest BCUT2D eigenvalue weighted by Gasteiger charge is 2.27. The maximum atomic E-state index is 13.2. The lowest BCUT2D eigenvalue weighted by atomic mass is 10.1. The Balaban J connectivity index is 1.44. The second-order valence-corrected chi connectivity index (χ2v) is 10.1. The third-order valence-electron chi connectivity index (χ3n) is 6.04. The highest BCUT2D eigenvalue weighted by Crippen LogP contribution is 2.32. The van der Waals surface area contributed by atoms with E-state index in [2.05, 4.69) is 15.2 Å². The number of nitrogens with zero attached hydrogens (tertiary/aromatic N) is 3. The molecule has 0 saturated carbocycles. The maximum absolute atomic E-state index is 13.2. The number of hydrogen-bond acceptors (Lipinski definition) is 7. The molecule has 1 aromatic heterocycles. The minimum Gasteiger partial charge on any atom is -0.439 e. The first-order valence-corrected chi connectivity index (χ1v) is 12.6. The molecule has 170 valence electrons. The van der Waals surface area contributed by atoms with Crippen LogP contribution in [0, 0.1) is 0 Å². The molecule has 0 atom stereocenters. The van der Waals surface area contributed by atoms with E-state index >= 15 is 0 Å². The van der Waals surface area contributed by atoms with E-state index in [0.29, 0.717) is 43.6 Å². The molecule has 32 heavy (non-hydrogen) atoms. The summed E-state index contributed by atoms with van der Waals surface area (Å²) < 4.78 is 39.1. The molecule has 0 spiro atoms. The largest absolute Gasteiger partial charge is 0.439 e. The molecule has 1 N–H and O–H groups in total. The molecule has 3 aromatic rings. The first-order valence-electron chi connectivity index (χ1n) is 11.2. The van der Waals surface area contributed by atoms with Crippen molar-refractivity contribution >= 4 is 32.5 Å². The summed E-state index contributed by atoms with van der Waals surface area (Å²) in [5.41, 5.74) is 3.35. The van der Waals surface area contributed by atoms with Crippen LogP contribution >= 0.6 is 0 Å². The number of para-hydroxylation sites is 2. The lowest BCUT2D eigenvalue weighted by molar-refractivity contribution is 0.0730. The number of benzene rings is 2. The Hall–Kier alpha value is -2.62. The molecule has 0 unspecified atom stereocenters.